The van der Waals surface area contributed by atoms with Crippen LogP contribution in [0.25, 0.3) is 0 Å². The smallest absolute Gasteiger partial charge is 0.320 e. The lowest BCUT2D eigenvalue weighted by Crippen LogP contribution is -1.94. The van der Waals surface area contributed by atoms with E-state index in [2.05, 4.69) is 31.4 Å². The molecule has 2 aromatic rings. The predicted molar refractivity (Wildman–Crippen MR) is 72.5 cm³/mol. The van der Waals surface area contributed by atoms with E-state index >= 15 is 0 Å². The van der Waals surface area contributed by atoms with Crippen molar-refractivity contribution in [2.75, 3.05) is 12.4 Å². The molecule has 0 saturated carbocycles. The highest BCUT2D eigenvalue weighted by Crippen LogP contribution is 2.30. The highest BCUT2D eigenvalue weighted by Gasteiger charge is 2.12. The molecule has 1 unspecified atom stereocenters. The van der Waals surface area contributed by atoms with Crippen molar-refractivity contribution < 1.29 is 9.15 Å². The van der Waals surface area contributed by atoms with E-state index in [1.165, 1.54) is 0 Å². The first-order valence-corrected chi connectivity index (χ1v) is 6.41. The lowest BCUT2D eigenvalue weighted by atomic mass is 10.3. The van der Waals surface area contributed by atoms with E-state index in [1.54, 1.807) is 14.0 Å². The van der Waals surface area contributed by atoms with Gasteiger partial charge in [0.2, 0.25) is 5.89 Å². The molecule has 1 heterocycles. The molecule has 0 aliphatic carbocycles. The minimum absolute atomic E-state index is 0.272. The number of nitrogens with zero attached hydrogens (tertiary/aromatic N) is 2. The topological polar surface area (TPSA) is 60.2 Å². The number of anilines is 2. The van der Waals surface area contributed by atoms with Gasteiger partial charge in [-0.3, -0.25) is 0 Å². The molecular formula is C11H11BrClN3O2. The Morgan fingerprint density at radius 2 is 2.22 bits per heavy atom. The van der Waals surface area contributed by atoms with Crippen LogP contribution in [0.15, 0.2) is 27.1 Å². The number of alkyl halides is 1. The first-order chi connectivity index (χ1) is 8.60. The summed E-state index contributed by atoms with van der Waals surface area (Å²) in [5.41, 5.74) is 0.726. The van der Waals surface area contributed by atoms with Crippen LogP contribution in [0, 0.1) is 0 Å². The van der Waals surface area contributed by atoms with Crippen LogP contribution in [0.3, 0.4) is 0 Å². The summed E-state index contributed by atoms with van der Waals surface area (Å²) in [7, 11) is 1.59. The maximum atomic E-state index is 5.85. The molecule has 2 rings (SSSR count). The lowest BCUT2D eigenvalue weighted by Gasteiger charge is -2.08. The standard InChI is InChI=1S/C11H11BrClN3O2/c1-6(13)10-15-16-11(18-10)14-8-5-7(12)3-4-9(8)17-2/h3-6H,1-2H3,(H,14,16). The molecule has 0 spiro atoms. The van der Waals surface area contributed by atoms with Gasteiger partial charge in [-0.15, -0.1) is 16.7 Å². The van der Waals surface area contributed by atoms with Crippen molar-refractivity contribution in [2.45, 2.75) is 12.3 Å². The molecule has 0 radical (unpaired) electrons. The van der Waals surface area contributed by atoms with Gasteiger partial charge < -0.3 is 14.5 Å². The third-order valence-corrected chi connectivity index (χ3v) is 2.86. The molecule has 0 saturated heterocycles. The monoisotopic (exact) mass is 331 g/mol. The largest absolute Gasteiger partial charge is 0.495 e. The Labute approximate surface area is 118 Å². The third kappa shape index (κ3) is 2.94. The number of benzene rings is 1. The van der Waals surface area contributed by atoms with Crippen molar-refractivity contribution in [3.05, 3.63) is 28.6 Å². The average molecular weight is 333 g/mol. The zero-order valence-electron chi connectivity index (χ0n) is 9.78. The maximum absolute atomic E-state index is 5.85. The molecule has 7 heteroatoms. The summed E-state index contributed by atoms with van der Waals surface area (Å²) in [6, 6.07) is 5.83. The van der Waals surface area contributed by atoms with Crippen molar-refractivity contribution in [1.29, 1.82) is 0 Å². The molecule has 0 aliphatic rings. The Kier molecular flexibility index (Phi) is 4.08. The maximum Gasteiger partial charge on any atom is 0.320 e. The fourth-order valence-electron chi connectivity index (χ4n) is 1.34. The molecular weight excluding hydrogens is 321 g/mol. The molecule has 1 aromatic heterocycles. The van der Waals surface area contributed by atoms with Gasteiger partial charge in [-0.1, -0.05) is 21.0 Å². The molecule has 5 nitrogen and oxygen atoms in total. The SMILES string of the molecule is COc1ccc(Br)cc1Nc1nnc(C(C)Cl)o1. The highest BCUT2D eigenvalue weighted by molar-refractivity contribution is 9.10. The summed E-state index contributed by atoms with van der Waals surface area (Å²) in [5, 5.41) is 10.3. The van der Waals surface area contributed by atoms with Crippen molar-refractivity contribution in [1.82, 2.24) is 10.2 Å². The second-order valence-corrected chi connectivity index (χ2v) is 5.10. The fraction of sp³-hybridized carbons (Fsp3) is 0.273. The first-order valence-electron chi connectivity index (χ1n) is 5.18. The number of hydrogen-bond acceptors (Lipinski definition) is 5. The minimum atomic E-state index is -0.322. The first kappa shape index (κ1) is 13.2. The summed E-state index contributed by atoms with van der Waals surface area (Å²) in [6.45, 7) is 1.76. The zero-order valence-corrected chi connectivity index (χ0v) is 12.1. The average Bonchev–Trinajstić information content (AvgIpc) is 2.78. The summed E-state index contributed by atoms with van der Waals surface area (Å²) < 4.78 is 11.5. The molecule has 0 bridgehead atoms. The van der Waals surface area contributed by atoms with E-state index in [0.29, 0.717) is 11.6 Å². The highest BCUT2D eigenvalue weighted by atomic mass is 79.9. The Bertz CT molecular complexity index is 545. The van der Waals surface area contributed by atoms with Gasteiger partial charge in [-0.25, -0.2) is 0 Å². The minimum Gasteiger partial charge on any atom is -0.495 e. The van der Waals surface area contributed by atoms with Crippen molar-refractivity contribution in [2.24, 2.45) is 0 Å². The second kappa shape index (κ2) is 5.58. The summed E-state index contributed by atoms with van der Waals surface area (Å²) in [5.74, 6) is 1.05. The number of halogens is 2. The van der Waals surface area contributed by atoms with E-state index < -0.39 is 0 Å². The van der Waals surface area contributed by atoms with E-state index in [0.717, 1.165) is 10.2 Å². The van der Waals surface area contributed by atoms with E-state index in [9.17, 15) is 0 Å². The Morgan fingerprint density at radius 3 is 2.83 bits per heavy atom. The second-order valence-electron chi connectivity index (χ2n) is 3.53. The van der Waals surface area contributed by atoms with Crippen LogP contribution >= 0.6 is 27.5 Å². The Morgan fingerprint density at radius 1 is 1.44 bits per heavy atom. The van der Waals surface area contributed by atoms with Gasteiger partial charge in [0.1, 0.15) is 11.1 Å². The molecule has 0 fully saturated rings. The third-order valence-electron chi connectivity index (χ3n) is 2.18. The van der Waals surface area contributed by atoms with E-state index in [1.807, 2.05) is 18.2 Å². The fourth-order valence-corrected chi connectivity index (χ4v) is 1.79. The quantitative estimate of drug-likeness (QED) is 0.861. The lowest BCUT2D eigenvalue weighted by molar-refractivity contribution is 0.416. The van der Waals surface area contributed by atoms with Crippen LogP contribution in [0.2, 0.25) is 0 Å². The Hall–Kier alpha value is -1.27. The van der Waals surface area contributed by atoms with Gasteiger partial charge in [0.25, 0.3) is 0 Å². The number of nitrogens with one attached hydrogen (secondary N) is 1. The van der Waals surface area contributed by atoms with Crippen LogP contribution in [-0.4, -0.2) is 17.3 Å². The zero-order chi connectivity index (χ0) is 13.1. The number of hydrogen-bond donors (Lipinski definition) is 1. The summed E-state index contributed by atoms with van der Waals surface area (Å²) in [6.07, 6.45) is 0. The van der Waals surface area contributed by atoms with Gasteiger partial charge in [0.05, 0.1) is 12.8 Å². The molecule has 96 valence electrons. The molecule has 1 aromatic carbocycles. The predicted octanol–water partition coefficient (Wildman–Crippen LogP) is 3.88. The summed E-state index contributed by atoms with van der Waals surface area (Å²) in [4.78, 5) is 0. The van der Waals surface area contributed by atoms with Gasteiger partial charge in [0.15, 0.2) is 0 Å². The van der Waals surface area contributed by atoms with Crippen molar-refractivity contribution in [3.8, 4) is 5.75 Å². The van der Waals surface area contributed by atoms with Crippen molar-refractivity contribution >= 4 is 39.2 Å². The van der Waals surface area contributed by atoms with Crippen LogP contribution in [0.5, 0.6) is 5.75 Å². The van der Waals surface area contributed by atoms with Crippen LogP contribution < -0.4 is 10.1 Å². The molecule has 0 aliphatic heterocycles. The van der Waals surface area contributed by atoms with E-state index in [4.69, 9.17) is 20.8 Å². The van der Waals surface area contributed by atoms with Gasteiger partial charge in [-0.05, 0) is 25.1 Å². The van der Waals surface area contributed by atoms with Crippen LogP contribution in [-0.2, 0) is 0 Å². The number of aromatic nitrogens is 2. The number of methoxy groups -OCH3 is 1. The van der Waals surface area contributed by atoms with Gasteiger partial charge in [0, 0.05) is 4.47 Å². The normalized spacial score (nSPS) is 12.2. The number of rotatable bonds is 4. The molecule has 18 heavy (non-hydrogen) atoms. The van der Waals surface area contributed by atoms with Crippen LogP contribution in [0.4, 0.5) is 11.7 Å². The van der Waals surface area contributed by atoms with Crippen molar-refractivity contribution in [3.63, 3.8) is 0 Å². The Balaban J connectivity index is 2.24. The van der Waals surface area contributed by atoms with E-state index in [-0.39, 0.29) is 11.4 Å². The van der Waals surface area contributed by atoms with Crippen LogP contribution in [0.1, 0.15) is 18.2 Å². The molecule has 0 amide bonds. The van der Waals surface area contributed by atoms with Gasteiger partial charge >= 0.3 is 6.01 Å². The van der Waals surface area contributed by atoms with Gasteiger partial charge in [-0.2, -0.15) is 0 Å². The number of ether oxygens (including phenoxy) is 1. The summed E-state index contributed by atoms with van der Waals surface area (Å²) >= 11 is 9.23. The molecule has 1 N–H and O–H groups in total. The molecule has 1 atom stereocenters.